The summed E-state index contributed by atoms with van der Waals surface area (Å²) in [5.74, 6) is 0. The molecule has 8 nitrogen and oxygen atoms in total. The van der Waals surface area contributed by atoms with Crippen LogP contribution in [0.1, 0.15) is 28.7 Å². The van der Waals surface area contributed by atoms with Crippen molar-refractivity contribution in [1.29, 1.82) is 0 Å². The molecule has 0 amide bonds. The Kier molecular flexibility index (Phi) is 12.9. The van der Waals surface area contributed by atoms with Gasteiger partial charge in [0, 0.05) is 6.04 Å². The molecule has 0 radical (unpaired) electrons. The van der Waals surface area contributed by atoms with Crippen LogP contribution in [0.3, 0.4) is 0 Å². The summed E-state index contributed by atoms with van der Waals surface area (Å²) < 4.78 is 26.1. The lowest BCUT2D eigenvalue weighted by Crippen LogP contribution is -2.70. The van der Waals surface area contributed by atoms with Crippen molar-refractivity contribution in [2.45, 2.75) is 68.8 Å². The summed E-state index contributed by atoms with van der Waals surface area (Å²) in [6.45, 7) is 0.517. The van der Waals surface area contributed by atoms with E-state index in [2.05, 4.69) is 5.32 Å². The summed E-state index contributed by atoms with van der Waals surface area (Å²) in [5, 5.41) is 35.9. The van der Waals surface area contributed by atoms with E-state index in [1.807, 2.05) is 121 Å². The van der Waals surface area contributed by atoms with E-state index in [9.17, 15) is 15.3 Å². The highest BCUT2D eigenvalue weighted by atomic mass is 16.6. The standard InChI is InChI=1S/C38H45NO7/c40-22-33(23-41)39-34-21-38(42,28-43-24-29-13-5-1-6-14-29)37(46-27-32-19-11-4-12-20-32)36(45-26-31-17-9-3-10-18-31)35(34)44-25-30-15-7-2-8-16-30/h1-20,33-37,39-42H,21-28H2/t34-,35-,36-,37-,38-/m0/s1. The Labute approximate surface area is 271 Å². The van der Waals surface area contributed by atoms with Crippen molar-refractivity contribution in [2.24, 2.45) is 0 Å². The highest BCUT2D eigenvalue weighted by Gasteiger charge is 2.55. The molecule has 0 spiro atoms. The molecule has 1 aliphatic carbocycles. The largest absolute Gasteiger partial charge is 0.395 e. The third-order valence-corrected chi connectivity index (χ3v) is 8.32. The lowest BCUT2D eigenvalue weighted by Gasteiger charge is -2.51. The van der Waals surface area contributed by atoms with Crippen LogP contribution in [0, 0.1) is 0 Å². The molecule has 1 fully saturated rings. The van der Waals surface area contributed by atoms with Gasteiger partial charge >= 0.3 is 0 Å². The number of ether oxygens (including phenoxy) is 4. The van der Waals surface area contributed by atoms with Gasteiger partial charge in [-0.3, -0.25) is 0 Å². The van der Waals surface area contributed by atoms with Crippen molar-refractivity contribution in [2.75, 3.05) is 19.8 Å². The Morgan fingerprint density at radius 2 is 1.00 bits per heavy atom. The molecular formula is C38H45NO7. The van der Waals surface area contributed by atoms with Gasteiger partial charge in [0.05, 0.1) is 52.3 Å². The van der Waals surface area contributed by atoms with E-state index in [0.29, 0.717) is 13.2 Å². The number of rotatable bonds is 17. The van der Waals surface area contributed by atoms with E-state index in [-0.39, 0.29) is 39.5 Å². The monoisotopic (exact) mass is 627 g/mol. The van der Waals surface area contributed by atoms with Crippen LogP contribution in [0.15, 0.2) is 121 Å². The van der Waals surface area contributed by atoms with Crippen LogP contribution in [0.2, 0.25) is 0 Å². The Balaban J connectivity index is 1.48. The molecule has 0 aliphatic heterocycles. The van der Waals surface area contributed by atoms with Gasteiger partial charge in [0.1, 0.15) is 23.9 Å². The van der Waals surface area contributed by atoms with Gasteiger partial charge in [0.25, 0.3) is 0 Å². The highest BCUT2D eigenvalue weighted by molar-refractivity contribution is 5.18. The molecule has 4 N–H and O–H groups in total. The SMILES string of the molecule is OCC(CO)N[C@H]1C[C@](O)(COCc2ccccc2)[C@@H](OCc2ccccc2)[C@@H](OCc2ccccc2)[C@H]1OCc1ccccc1. The third-order valence-electron chi connectivity index (χ3n) is 8.32. The molecule has 0 aromatic heterocycles. The highest BCUT2D eigenvalue weighted by Crippen LogP contribution is 2.37. The Hall–Kier alpha value is -3.44. The quantitative estimate of drug-likeness (QED) is 0.136. The molecule has 5 rings (SSSR count). The average Bonchev–Trinajstić information content (AvgIpc) is 3.10. The van der Waals surface area contributed by atoms with E-state index < -0.39 is 36.0 Å². The average molecular weight is 628 g/mol. The van der Waals surface area contributed by atoms with Gasteiger partial charge in [-0.05, 0) is 28.7 Å². The second-order valence-electron chi connectivity index (χ2n) is 11.9. The number of hydrogen-bond acceptors (Lipinski definition) is 8. The van der Waals surface area contributed by atoms with Gasteiger partial charge in [0.2, 0.25) is 0 Å². The fourth-order valence-corrected chi connectivity index (χ4v) is 5.94. The Morgan fingerprint density at radius 3 is 1.46 bits per heavy atom. The van der Waals surface area contributed by atoms with Gasteiger partial charge in [-0.15, -0.1) is 0 Å². The third kappa shape index (κ3) is 9.54. The summed E-state index contributed by atoms with van der Waals surface area (Å²) in [4.78, 5) is 0. The van der Waals surface area contributed by atoms with Gasteiger partial charge in [-0.2, -0.15) is 0 Å². The van der Waals surface area contributed by atoms with E-state index in [1.54, 1.807) is 0 Å². The van der Waals surface area contributed by atoms with Gasteiger partial charge in [-0.25, -0.2) is 0 Å². The first kappa shape index (κ1) is 33.9. The molecule has 5 atom stereocenters. The fraction of sp³-hybridized carbons (Fsp3) is 0.368. The van der Waals surface area contributed by atoms with Gasteiger partial charge in [-0.1, -0.05) is 121 Å². The maximum atomic E-state index is 12.5. The maximum absolute atomic E-state index is 12.5. The first-order valence-corrected chi connectivity index (χ1v) is 15.9. The molecule has 0 saturated heterocycles. The molecule has 4 aromatic carbocycles. The number of benzene rings is 4. The second kappa shape index (κ2) is 17.5. The van der Waals surface area contributed by atoms with E-state index in [0.717, 1.165) is 22.3 Å². The van der Waals surface area contributed by atoms with E-state index in [4.69, 9.17) is 18.9 Å². The number of nitrogens with one attached hydrogen (secondary N) is 1. The summed E-state index contributed by atoms with van der Waals surface area (Å²) in [6.07, 6.45) is -2.03. The zero-order valence-corrected chi connectivity index (χ0v) is 26.1. The van der Waals surface area contributed by atoms with Crippen molar-refractivity contribution in [3.05, 3.63) is 144 Å². The van der Waals surface area contributed by atoms with Crippen molar-refractivity contribution in [3.8, 4) is 0 Å². The predicted octanol–water partition coefficient (Wildman–Crippen LogP) is 4.41. The van der Waals surface area contributed by atoms with E-state index in [1.165, 1.54) is 0 Å². The van der Waals surface area contributed by atoms with Gasteiger partial charge in [0.15, 0.2) is 0 Å². The summed E-state index contributed by atoms with van der Waals surface area (Å²) in [6, 6.07) is 38.2. The molecule has 4 aromatic rings. The minimum atomic E-state index is -1.51. The summed E-state index contributed by atoms with van der Waals surface area (Å²) in [5.41, 5.74) is 2.38. The first-order valence-electron chi connectivity index (χ1n) is 15.9. The van der Waals surface area contributed by atoms with Crippen molar-refractivity contribution in [3.63, 3.8) is 0 Å². The van der Waals surface area contributed by atoms with Crippen LogP contribution in [-0.4, -0.2) is 71.1 Å². The second-order valence-corrected chi connectivity index (χ2v) is 11.9. The van der Waals surface area contributed by atoms with Crippen molar-refractivity contribution in [1.82, 2.24) is 5.32 Å². The first-order chi connectivity index (χ1) is 22.6. The van der Waals surface area contributed by atoms with Crippen molar-refractivity contribution < 1.29 is 34.3 Å². The molecule has 0 bridgehead atoms. The van der Waals surface area contributed by atoms with Crippen LogP contribution in [0.4, 0.5) is 0 Å². The van der Waals surface area contributed by atoms with Crippen LogP contribution in [-0.2, 0) is 45.4 Å². The smallest absolute Gasteiger partial charge is 0.118 e. The van der Waals surface area contributed by atoms with Crippen molar-refractivity contribution >= 4 is 0 Å². The maximum Gasteiger partial charge on any atom is 0.118 e. The topological polar surface area (TPSA) is 110 Å². The summed E-state index contributed by atoms with van der Waals surface area (Å²) in [7, 11) is 0. The lowest BCUT2D eigenvalue weighted by molar-refractivity contribution is -0.256. The minimum absolute atomic E-state index is 0.0287. The number of aliphatic hydroxyl groups is 3. The molecule has 244 valence electrons. The fourth-order valence-electron chi connectivity index (χ4n) is 5.94. The summed E-state index contributed by atoms with van der Waals surface area (Å²) >= 11 is 0. The van der Waals surface area contributed by atoms with Crippen LogP contribution >= 0.6 is 0 Å². The molecule has 8 heteroatoms. The minimum Gasteiger partial charge on any atom is -0.395 e. The predicted molar refractivity (Wildman–Crippen MR) is 176 cm³/mol. The number of hydrogen-bond donors (Lipinski definition) is 4. The molecular weight excluding hydrogens is 582 g/mol. The zero-order valence-electron chi connectivity index (χ0n) is 26.1. The molecule has 46 heavy (non-hydrogen) atoms. The van der Waals surface area contributed by atoms with Crippen LogP contribution in [0.25, 0.3) is 0 Å². The molecule has 0 heterocycles. The molecule has 1 aliphatic rings. The van der Waals surface area contributed by atoms with Gasteiger partial charge < -0.3 is 39.6 Å². The molecule has 1 saturated carbocycles. The van der Waals surface area contributed by atoms with E-state index >= 15 is 0 Å². The van der Waals surface area contributed by atoms with Crippen LogP contribution < -0.4 is 5.32 Å². The normalized spacial score (nSPS) is 23.0. The molecule has 0 unspecified atom stereocenters. The van der Waals surface area contributed by atoms with Crippen LogP contribution in [0.5, 0.6) is 0 Å². The number of aliphatic hydroxyl groups excluding tert-OH is 2. The lowest BCUT2D eigenvalue weighted by atomic mass is 9.75. The zero-order chi connectivity index (χ0) is 32.0. The Morgan fingerprint density at radius 1 is 0.587 bits per heavy atom. The Bertz CT molecular complexity index is 1390.